The van der Waals surface area contributed by atoms with E-state index in [1.54, 1.807) is 6.07 Å². The SMILES string of the molecule is C#CCC(C)NCc1ccc(S(N)(=O)=O)o1. The zero-order valence-electron chi connectivity index (χ0n) is 8.93. The Bertz CT molecular complexity index is 484. The third kappa shape index (κ3) is 3.70. The first kappa shape index (κ1) is 12.8. The van der Waals surface area contributed by atoms with Gasteiger partial charge in [-0.05, 0) is 19.1 Å². The van der Waals surface area contributed by atoms with Crippen LogP contribution in [-0.4, -0.2) is 14.5 Å². The van der Waals surface area contributed by atoms with Gasteiger partial charge in [0.2, 0.25) is 5.09 Å². The molecule has 1 unspecified atom stereocenters. The standard InChI is InChI=1S/C10H14N2O3S/c1-3-4-8(2)12-7-9-5-6-10(15-9)16(11,13)14/h1,5-6,8,12H,4,7H2,2H3,(H2,11,13,14). The quantitative estimate of drug-likeness (QED) is 0.733. The summed E-state index contributed by atoms with van der Waals surface area (Å²) in [6, 6.07) is 3.04. The maximum atomic E-state index is 10.9. The first-order valence-electron chi connectivity index (χ1n) is 4.72. The van der Waals surface area contributed by atoms with Gasteiger partial charge in [-0.15, -0.1) is 12.3 Å². The van der Waals surface area contributed by atoms with E-state index in [4.69, 9.17) is 16.0 Å². The van der Waals surface area contributed by atoms with Gasteiger partial charge in [0, 0.05) is 12.5 Å². The number of nitrogens with one attached hydrogen (secondary N) is 1. The third-order valence-electron chi connectivity index (χ3n) is 1.97. The monoisotopic (exact) mass is 242 g/mol. The van der Waals surface area contributed by atoms with Gasteiger partial charge < -0.3 is 9.73 Å². The lowest BCUT2D eigenvalue weighted by Gasteiger charge is -2.08. The molecule has 0 aliphatic rings. The molecule has 88 valence electrons. The Morgan fingerprint density at radius 3 is 2.81 bits per heavy atom. The van der Waals surface area contributed by atoms with Gasteiger partial charge in [-0.1, -0.05) is 0 Å². The normalized spacial score (nSPS) is 13.3. The molecule has 0 saturated carbocycles. The molecule has 0 amide bonds. The van der Waals surface area contributed by atoms with Crippen LogP contribution in [0.2, 0.25) is 0 Å². The van der Waals surface area contributed by atoms with E-state index in [1.165, 1.54) is 6.07 Å². The Balaban J connectivity index is 2.57. The van der Waals surface area contributed by atoms with E-state index in [0.717, 1.165) is 0 Å². The van der Waals surface area contributed by atoms with E-state index < -0.39 is 10.0 Å². The van der Waals surface area contributed by atoms with Crippen LogP contribution in [0.5, 0.6) is 0 Å². The van der Waals surface area contributed by atoms with Crippen molar-refractivity contribution in [2.75, 3.05) is 0 Å². The fourth-order valence-electron chi connectivity index (χ4n) is 1.13. The highest BCUT2D eigenvalue weighted by Gasteiger charge is 2.13. The topological polar surface area (TPSA) is 85.3 Å². The Morgan fingerprint density at radius 1 is 1.62 bits per heavy atom. The molecule has 0 saturated heterocycles. The summed E-state index contributed by atoms with van der Waals surface area (Å²) in [7, 11) is -3.76. The predicted molar refractivity (Wildman–Crippen MR) is 59.8 cm³/mol. The summed E-state index contributed by atoms with van der Waals surface area (Å²) in [5, 5.41) is 7.77. The van der Waals surface area contributed by atoms with Crippen LogP contribution in [0.1, 0.15) is 19.1 Å². The summed E-state index contributed by atoms with van der Waals surface area (Å²) >= 11 is 0. The lowest BCUT2D eigenvalue weighted by atomic mass is 10.2. The molecule has 1 atom stereocenters. The summed E-state index contributed by atoms with van der Waals surface area (Å²) in [5.41, 5.74) is 0. The second-order valence-electron chi connectivity index (χ2n) is 3.46. The van der Waals surface area contributed by atoms with E-state index >= 15 is 0 Å². The first-order valence-corrected chi connectivity index (χ1v) is 6.26. The molecule has 1 aromatic rings. The van der Waals surface area contributed by atoms with E-state index in [2.05, 4.69) is 11.2 Å². The van der Waals surface area contributed by atoms with Crippen LogP contribution in [0.15, 0.2) is 21.6 Å². The van der Waals surface area contributed by atoms with Crippen molar-refractivity contribution in [3.05, 3.63) is 17.9 Å². The largest absolute Gasteiger partial charge is 0.447 e. The average Bonchev–Trinajstić information content (AvgIpc) is 2.63. The number of hydrogen-bond donors (Lipinski definition) is 2. The van der Waals surface area contributed by atoms with Gasteiger partial charge in [0.25, 0.3) is 10.0 Å². The van der Waals surface area contributed by atoms with Gasteiger partial charge in [0.15, 0.2) is 0 Å². The van der Waals surface area contributed by atoms with E-state index in [9.17, 15) is 8.42 Å². The van der Waals surface area contributed by atoms with Crippen molar-refractivity contribution >= 4 is 10.0 Å². The number of hydrogen-bond acceptors (Lipinski definition) is 4. The molecule has 3 N–H and O–H groups in total. The van der Waals surface area contributed by atoms with Crippen molar-refractivity contribution in [1.82, 2.24) is 5.32 Å². The molecule has 1 heterocycles. The van der Waals surface area contributed by atoms with Gasteiger partial charge in [-0.25, -0.2) is 13.6 Å². The maximum absolute atomic E-state index is 10.9. The lowest BCUT2D eigenvalue weighted by Crippen LogP contribution is -2.24. The second-order valence-corrected chi connectivity index (χ2v) is 4.95. The molecule has 0 bridgehead atoms. The molecule has 0 spiro atoms. The predicted octanol–water partition coefficient (Wildman–Crippen LogP) is 0.428. The highest BCUT2D eigenvalue weighted by Crippen LogP contribution is 2.12. The van der Waals surface area contributed by atoms with Gasteiger partial charge in [0.05, 0.1) is 6.54 Å². The zero-order chi connectivity index (χ0) is 12.2. The molecule has 0 radical (unpaired) electrons. The van der Waals surface area contributed by atoms with E-state index in [0.29, 0.717) is 18.7 Å². The Labute approximate surface area is 95.1 Å². The number of sulfonamides is 1. The van der Waals surface area contributed by atoms with Crippen molar-refractivity contribution in [2.24, 2.45) is 5.14 Å². The van der Waals surface area contributed by atoms with Crippen molar-refractivity contribution in [1.29, 1.82) is 0 Å². The molecule has 5 nitrogen and oxygen atoms in total. The minimum absolute atomic E-state index is 0.146. The van der Waals surface area contributed by atoms with Crippen LogP contribution in [0.25, 0.3) is 0 Å². The highest BCUT2D eigenvalue weighted by atomic mass is 32.2. The van der Waals surface area contributed by atoms with Crippen molar-refractivity contribution in [2.45, 2.75) is 31.0 Å². The molecule has 6 heteroatoms. The average molecular weight is 242 g/mol. The van der Waals surface area contributed by atoms with Gasteiger partial charge in [-0.2, -0.15) is 0 Å². The van der Waals surface area contributed by atoms with Gasteiger partial charge >= 0.3 is 0 Å². The fraction of sp³-hybridized carbons (Fsp3) is 0.400. The van der Waals surface area contributed by atoms with Crippen LogP contribution in [-0.2, 0) is 16.6 Å². The molecule has 16 heavy (non-hydrogen) atoms. The summed E-state index contributed by atoms with van der Waals surface area (Å²) in [5.74, 6) is 3.03. The fourth-order valence-corrected chi connectivity index (χ4v) is 1.61. The molecule has 1 rings (SSSR count). The number of furan rings is 1. The number of primary sulfonamides is 1. The number of terminal acetylenes is 1. The number of nitrogens with two attached hydrogens (primary N) is 1. The highest BCUT2D eigenvalue weighted by molar-refractivity contribution is 7.89. The van der Waals surface area contributed by atoms with E-state index in [1.807, 2.05) is 6.92 Å². The van der Waals surface area contributed by atoms with Crippen LogP contribution in [0.4, 0.5) is 0 Å². The zero-order valence-corrected chi connectivity index (χ0v) is 9.75. The van der Waals surface area contributed by atoms with Crippen molar-refractivity contribution < 1.29 is 12.8 Å². The lowest BCUT2D eigenvalue weighted by molar-refractivity contribution is 0.393. The summed E-state index contributed by atoms with van der Waals surface area (Å²) in [6.45, 7) is 2.35. The van der Waals surface area contributed by atoms with Crippen molar-refractivity contribution in [3.8, 4) is 12.3 Å². The van der Waals surface area contributed by atoms with Crippen LogP contribution in [0, 0.1) is 12.3 Å². The molecule has 1 aromatic heterocycles. The Kier molecular flexibility index (Phi) is 4.12. The van der Waals surface area contributed by atoms with Gasteiger partial charge in [-0.3, -0.25) is 0 Å². The van der Waals surface area contributed by atoms with Crippen molar-refractivity contribution in [3.63, 3.8) is 0 Å². The van der Waals surface area contributed by atoms with Gasteiger partial charge in [0.1, 0.15) is 5.76 Å². The third-order valence-corrected chi connectivity index (χ3v) is 2.75. The molecular formula is C10H14N2O3S. The summed E-state index contributed by atoms with van der Waals surface area (Å²) in [6.07, 6.45) is 5.75. The number of rotatable bonds is 5. The summed E-state index contributed by atoms with van der Waals surface area (Å²) in [4.78, 5) is 0. The Morgan fingerprint density at radius 2 is 2.31 bits per heavy atom. The Hall–Kier alpha value is -1.29. The first-order chi connectivity index (χ1) is 7.43. The smallest absolute Gasteiger partial charge is 0.271 e. The molecule has 0 aromatic carbocycles. The minimum Gasteiger partial charge on any atom is -0.447 e. The molecule has 0 fully saturated rings. The van der Waals surface area contributed by atoms with Crippen LogP contribution < -0.4 is 10.5 Å². The van der Waals surface area contributed by atoms with Crippen LogP contribution >= 0.6 is 0 Å². The van der Waals surface area contributed by atoms with Crippen LogP contribution in [0.3, 0.4) is 0 Å². The molecule has 0 aliphatic carbocycles. The molecular weight excluding hydrogens is 228 g/mol. The molecule has 0 aliphatic heterocycles. The van der Waals surface area contributed by atoms with E-state index in [-0.39, 0.29) is 11.1 Å². The maximum Gasteiger partial charge on any atom is 0.271 e. The minimum atomic E-state index is -3.76. The second kappa shape index (κ2) is 5.16. The summed E-state index contributed by atoms with van der Waals surface area (Å²) < 4.78 is 26.9.